The second-order valence-corrected chi connectivity index (χ2v) is 5.78. The summed E-state index contributed by atoms with van der Waals surface area (Å²) in [5.74, 6) is 0.103. The maximum Gasteiger partial charge on any atom is 0.253 e. The number of anilines is 1. The van der Waals surface area contributed by atoms with E-state index in [1.807, 2.05) is 17.0 Å². The van der Waals surface area contributed by atoms with Crippen molar-refractivity contribution in [1.82, 2.24) is 4.90 Å². The first kappa shape index (κ1) is 15.8. The normalized spacial score (nSPS) is 18.0. The fraction of sp³-hybridized carbons (Fsp3) is 0.588. The molecule has 0 bridgehead atoms. The SMILES string of the molecule is CCCCN(CC)c1ccc(C(=O)N2CC[C@@H](N)C2)cc1. The number of nitrogens with zero attached hydrogens (tertiary/aromatic N) is 2. The lowest BCUT2D eigenvalue weighted by Crippen LogP contribution is -2.31. The Hall–Kier alpha value is -1.55. The largest absolute Gasteiger partial charge is 0.372 e. The van der Waals surface area contributed by atoms with E-state index in [1.54, 1.807) is 0 Å². The van der Waals surface area contributed by atoms with E-state index >= 15 is 0 Å². The third-order valence-corrected chi connectivity index (χ3v) is 4.15. The molecule has 21 heavy (non-hydrogen) atoms. The predicted octanol–water partition coefficient (Wildman–Crippen LogP) is 2.49. The van der Waals surface area contributed by atoms with Crippen LogP contribution in [0, 0.1) is 0 Å². The van der Waals surface area contributed by atoms with Gasteiger partial charge in [-0.2, -0.15) is 0 Å². The maximum absolute atomic E-state index is 12.4. The number of hydrogen-bond acceptors (Lipinski definition) is 3. The molecule has 1 amide bonds. The molecule has 0 spiro atoms. The average molecular weight is 289 g/mol. The van der Waals surface area contributed by atoms with Gasteiger partial charge >= 0.3 is 0 Å². The van der Waals surface area contributed by atoms with E-state index in [0.29, 0.717) is 6.54 Å². The molecule has 1 aromatic rings. The molecule has 4 nitrogen and oxygen atoms in total. The van der Waals surface area contributed by atoms with Gasteiger partial charge in [0, 0.05) is 43.5 Å². The molecule has 116 valence electrons. The summed E-state index contributed by atoms with van der Waals surface area (Å²) in [5, 5.41) is 0. The van der Waals surface area contributed by atoms with E-state index in [9.17, 15) is 4.79 Å². The Kier molecular flexibility index (Phi) is 5.62. The lowest BCUT2D eigenvalue weighted by atomic mass is 10.1. The van der Waals surface area contributed by atoms with Crippen LogP contribution >= 0.6 is 0 Å². The number of amides is 1. The van der Waals surface area contributed by atoms with E-state index in [-0.39, 0.29) is 11.9 Å². The van der Waals surface area contributed by atoms with Gasteiger partial charge in [0.15, 0.2) is 0 Å². The summed E-state index contributed by atoms with van der Waals surface area (Å²) in [6.45, 7) is 7.89. The topological polar surface area (TPSA) is 49.6 Å². The second-order valence-electron chi connectivity index (χ2n) is 5.78. The molecule has 1 atom stereocenters. The minimum atomic E-state index is 0.103. The second kappa shape index (κ2) is 7.46. The number of carbonyl (C=O) groups is 1. The van der Waals surface area contributed by atoms with Gasteiger partial charge in [-0.1, -0.05) is 13.3 Å². The third-order valence-electron chi connectivity index (χ3n) is 4.15. The molecule has 1 aliphatic heterocycles. The highest BCUT2D eigenvalue weighted by atomic mass is 16.2. The third kappa shape index (κ3) is 3.97. The summed E-state index contributed by atoms with van der Waals surface area (Å²) < 4.78 is 0. The van der Waals surface area contributed by atoms with Gasteiger partial charge in [-0.25, -0.2) is 0 Å². The fourth-order valence-corrected chi connectivity index (χ4v) is 2.79. The zero-order valence-electron chi connectivity index (χ0n) is 13.2. The monoisotopic (exact) mass is 289 g/mol. The first-order chi connectivity index (χ1) is 10.2. The van der Waals surface area contributed by atoms with Crippen molar-refractivity contribution in [1.29, 1.82) is 0 Å². The molecule has 4 heteroatoms. The summed E-state index contributed by atoms with van der Waals surface area (Å²) in [5.41, 5.74) is 7.83. The number of hydrogen-bond donors (Lipinski definition) is 1. The van der Waals surface area contributed by atoms with Crippen molar-refractivity contribution in [3.63, 3.8) is 0 Å². The van der Waals surface area contributed by atoms with Crippen molar-refractivity contribution < 1.29 is 4.79 Å². The first-order valence-corrected chi connectivity index (χ1v) is 8.05. The summed E-state index contributed by atoms with van der Waals surface area (Å²) in [6.07, 6.45) is 3.30. The van der Waals surface area contributed by atoms with Crippen LogP contribution in [0.25, 0.3) is 0 Å². The van der Waals surface area contributed by atoms with E-state index in [2.05, 4.69) is 30.9 Å². The van der Waals surface area contributed by atoms with Gasteiger partial charge < -0.3 is 15.5 Å². The molecular formula is C17H27N3O. The number of carbonyl (C=O) groups excluding carboxylic acids is 1. The molecule has 2 rings (SSSR count). The minimum Gasteiger partial charge on any atom is -0.372 e. The van der Waals surface area contributed by atoms with Crippen LogP contribution < -0.4 is 10.6 Å². The summed E-state index contributed by atoms with van der Waals surface area (Å²) in [6, 6.07) is 8.13. The Labute approximate surface area is 127 Å². The van der Waals surface area contributed by atoms with Gasteiger partial charge in [-0.15, -0.1) is 0 Å². The molecule has 0 aromatic heterocycles. The van der Waals surface area contributed by atoms with Crippen LogP contribution in [0.4, 0.5) is 5.69 Å². The molecular weight excluding hydrogens is 262 g/mol. The van der Waals surface area contributed by atoms with Crippen LogP contribution in [-0.4, -0.2) is 43.0 Å². The van der Waals surface area contributed by atoms with E-state index in [1.165, 1.54) is 18.5 Å². The molecule has 0 saturated carbocycles. The van der Waals surface area contributed by atoms with Gasteiger partial charge in [0.1, 0.15) is 0 Å². The molecule has 1 heterocycles. The van der Waals surface area contributed by atoms with Crippen molar-refractivity contribution >= 4 is 11.6 Å². The number of likely N-dealkylation sites (tertiary alicyclic amines) is 1. The Morgan fingerprint density at radius 3 is 2.57 bits per heavy atom. The van der Waals surface area contributed by atoms with Crippen molar-refractivity contribution in [2.45, 2.75) is 39.2 Å². The predicted molar refractivity (Wildman–Crippen MR) is 87.7 cm³/mol. The molecule has 0 unspecified atom stereocenters. The summed E-state index contributed by atoms with van der Waals surface area (Å²) in [4.78, 5) is 16.6. The van der Waals surface area contributed by atoms with E-state index in [0.717, 1.165) is 31.6 Å². The molecule has 1 saturated heterocycles. The van der Waals surface area contributed by atoms with Crippen LogP contribution in [0.3, 0.4) is 0 Å². The number of nitrogens with two attached hydrogens (primary N) is 1. The standard InChI is InChI=1S/C17H27N3O/c1-3-5-11-19(4-2)16-8-6-14(7-9-16)17(21)20-12-10-15(18)13-20/h6-9,15H,3-5,10-13,18H2,1-2H3/t15-/m1/s1. The van der Waals surface area contributed by atoms with Crippen LogP contribution in [0.5, 0.6) is 0 Å². The van der Waals surface area contributed by atoms with Crippen LogP contribution in [0.15, 0.2) is 24.3 Å². The quantitative estimate of drug-likeness (QED) is 0.875. The first-order valence-electron chi connectivity index (χ1n) is 8.05. The fourth-order valence-electron chi connectivity index (χ4n) is 2.79. The highest BCUT2D eigenvalue weighted by Gasteiger charge is 2.24. The van der Waals surface area contributed by atoms with E-state index < -0.39 is 0 Å². The zero-order chi connectivity index (χ0) is 15.2. The van der Waals surface area contributed by atoms with Crippen molar-refractivity contribution in [3.05, 3.63) is 29.8 Å². The van der Waals surface area contributed by atoms with Crippen LogP contribution in [-0.2, 0) is 0 Å². The average Bonchev–Trinajstić information content (AvgIpc) is 2.94. The van der Waals surface area contributed by atoms with Gasteiger partial charge in [0.2, 0.25) is 0 Å². The van der Waals surface area contributed by atoms with Gasteiger partial charge in [-0.3, -0.25) is 4.79 Å². The Bertz CT molecular complexity index is 458. The molecule has 2 N–H and O–H groups in total. The minimum absolute atomic E-state index is 0.103. The molecule has 0 radical (unpaired) electrons. The van der Waals surface area contributed by atoms with Crippen LogP contribution in [0.1, 0.15) is 43.5 Å². The smallest absolute Gasteiger partial charge is 0.253 e. The van der Waals surface area contributed by atoms with Gasteiger partial charge in [0.25, 0.3) is 5.91 Å². The Morgan fingerprint density at radius 1 is 1.33 bits per heavy atom. The van der Waals surface area contributed by atoms with Crippen molar-refractivity contribution in [2.24, 2.45) is 5.73 Å². The van der Waals surface area contributed by atoms with Crippen molar-refractivity contribution in [3.8, 4) is 0 Å². The van der Waals surface area contributed by atoms with Crippen molar-refractivity contribution in [2.75, 3.05) is 31.1 Å². The molecule has 1 fully saturated rings. The molecule has 0 aliphatic carbocycles. The van der Waals surface area contributed by atoms with Gasteiger partial charge in [0.05, 0.1) is 0 Å². The zero-order valence-corrected chi connectivity index (χ0v) is 13.2. The number of rotatable bonds is 6. The Morgan fingerprint density at radius 2 is 2.05 bits per heavy atom. The number of benzene rings is 1. The highest BCUT2D eigenvalue weighted by molar-refractivity contribution is 5.94. The van der Waals surface area contributed by atoms with Crippen LogP contribution in [0.2, 0.25) is 0 Å². The summed E-state index contributed by atoms with van der Waals surface area (Å²) in [7, 11) is 0. The maximum atomic E-state index is 12.4. The summed E-state index contributed by atoms with van der Waals surface area (Å²) >= 11 is 0. The van der Waals surface area contributed by atoms with Gasteiger partial charge in [-0.05, 0) is 44.0 Å². The highest BCUT2D eigenvalue weighted by Crippen LogP contribution is 2.18. The Balaban J connectivity index is 2.02. The number of unbranched alkanes of at least 4 members (excludes halogenated alkanes) is 1. The molecule has 1 aliphatic rings. The van der Waals surface area contributed by atoms with E-state index in [4.69, 9.17) is 5.73 Å². The lowest BCUT2D eigenvalue weighted by Gasteiger charge is -2.23. The molecule has 1 aromatic carbocycles. The lowest BCUT2D eigenvalue weighted by molar-refractivity contribution is 0.0791.